The number of nitrogens with one attached hydrogen (secondary N) is 1. The molecule has 0 saturated carbocycles. The van der Waals surface area contributed by atoms with Crippen molar-refractivity contribution in [1.29, 1.82) is 0 Å². The Balaban J connectivity index is 2.21. The van der Waals surface area contributed by atoms with Gasteiger partial charge in [-0.05, 0) is 25.7 Å². The first kappa shape index (κ1) is 13.8. The highest BCUT2D eigenvalue weighted by Gasteiger charge is 2.24. The lowest BCUT2D eigenvalue weighted by atomic mass is 10.0. The third-order valence-electron chi connectivity index (χ3n) is 3.39. The van der Waals surface area contributed by atoms with Gasteiger partial charge in [0, 0.05) is 43.8 Å². The number of piperazine rings is 1. The largest absolute Gasteiger partial charge is 0.314 e. The minimum atomic E-state index is 0.385. The number of likely N-dealkylation sites (N-methyl/N-ethyl adjacent to an activating group) is 1. The summed E-state index contributed by atoms with van der Waals surface area (Å²) in [5.74, 6) is 0. The molecule has 1 saturated heterocycles. The Morgan fingerprint density at radius 3 is 2.56 bits per heavy atom. The van der Waals surface area contributed by atoms with E-state index >= 15 is 0 Å². The highest BCUT2D eigenvalue weighted by atomic mass is 35.5. The zero-order valence-electron chi connectivity index (χ0n) is 11.2. The molecule has 1 aliphatic heterocycles. The molecule has 1 aliphatic rings. The second-order valence-corrected chi connectivity index (χ2v) is 5.49. The van der Waals surface area contributed by atoms with Gasteiger partial charge < -0.3 is 10.2 Å². The van der Waals surface area contributed by atoms with E-state index in [1.807, 2.05) is 12.1 Å². The van der Waals surface area contributed by atoms with Gasteiger partial charge >= 0.3 is 0 Å². The van der Waals surface area contributed by atoms with Gasteiger partial charge in [0.05, 0.1) is 0 Å². The van der Waals surface area contributed by atoms with Crippen LogP contribution in [0.5, 0.6) is 0 Å². The van der Waals surface area contributed by atoms with Gasteiger partial charge in [-0.25, -0.2) is 0 Å². The van der Waals surface area contributed by atoms with Crippen molar-refractivity contribution in [2.24, 2.45) is 0 Å². The first-order chi connectivity index (χ1) is 8.68. The van der Waals surface area contributed by atoms with Gasteiger partial charge in [-0.3, -0.25) is 4.90 Å². The highest BCUT2D eigenvalue weighted by Crippen LogP contribution is 2.28. The molecule has 0 spiro atoms. The van der Waals surface area contributed by atoms with Crippen molar-refractivity contribution in [3.63, 3.8) is 0 Å². The molecule has 0 aliphatic carbocycles. The summed E-state index contributed by atoms with van der Waals surface area (Å²) in [4.78, 5) is 4.76. The number of rotatable bonds is 4. The van der Waals surface area contributed by atoms with Crippen LogP contribution in [0.25, 0.3) is 0 Å². The van der Waals surface area contributed by atoms with Gasteiger partial charge in [0.15, 0.2) is 0 Å². The van der Waals surface area contributed by atoms with Crippen LogP contribution in [0.4, 0.5) is 0 Å². The maximum absolute atomic E-state index is 6.36. The van der Waals surface area contributed by atoms with Crippen LogP contribution < -0.4 is 5.32 Å². The second kappa shape index (κ2) is 6.53. The molecule has 1 fully saturated rings. The Hall–Kier alpha value is -0.610. The molecule has 0 amide bonds. The first-order valence-corrected chi connectivity index (χ1v) is 6.90. The fraction of sp³-hybridized carbons (Fsp3) is 0.571. The molecule has 1 aromatic rings. The predicted molar refractivity (Wildman–Crippen MR) is 77.2 cm³/mol. The van der Waals surface area contributed by atoms with Crippen molar-refractivity contribution in [3.8, 4) is 0 Å². The molecule has 1 heterocycles. The number of nitrogens with zero attached hydrogens (tertiary/aromatic N) is 2. The fourth-order valence-corrected chi connectivity index (χ4v) is 2.76. The summed E-state index contributed by atoms with van der Waals surface area (Å²) < 4.78 is 0. The minimum Gasteiger partial charge on any atom is -0.314 e. The van der Waals surface area contributed by atoms with E-state index in [4.69, 9.17) is 11.6 Å². The lowest BCUT2D eigenvalue weighted by Gasteiger charge is -2.37. The first-order valence-electron chi connectivity index (χ1n) is 6.52. The zero-order chi connectivity index (χ0) is 13.0. The van der Waals surface area contributed by atoms with E-state index < -0.39 is 0 Å². The summed E-state index contributed by atoms with van der Waals surface area (Å²) in [7, 11) is 4.23. The number of hydrogen-bond acceptors (Lipinski definition) is 3. The summed E-state index contributed by atoms with van der Waals surface area (Å²) >= 11 is 6.36. The van der Waals surface area contributed by atoms with Crippen LogP contribution in [0.1, 0.15) is 11.6 Å². The van der Waals surface area contributed by atoms with Crippen LogP contribution in [0, 0.1) is 0 Å². The molecule has 1 unspecified atom stereocenters. The number of halogens is 1. The fourth-order valence-electron chi connectivity index (χ4n) is 2.50. The molecular formula is C14H22ClN3. The molecule has 0 bridgehead atoms. The molecule has 1 aromatic carbocycles. The molecule has 3 nitrogen and oxygen atoms in total. The van der Waals surface area contributed by atoms with Crippen LogP contribution >= 0.6 is 11.6 Å². The van der Waals surface area contributed by atoms with Gasteiger partial charge in [-0.2, -0.15) is 0 Å². The third-order valence-corrected chi connectivity index (χ3v) is 3.74. The highest BCUT2D eigenvalue weighted by molar-refractivity contribution is 6.31. The van der Waals surface area contributed by atoms with Crippen molar-refractivity contribution in [3.05, 3.63) is 34.9 Å². The van der Waals surface area contributed by atoms with Crippen LogP contribution in [-0.2, 0) is 0 Å². The standard InChI is InChI=1S/C14H22ClN3/c1-17(2)11-14(18-9-7-16-8-10-18)12-5-3-4-6-13(12)15/h3-6,14,16H,7-11H2,1-2H3. The predicted octanol–water partition coefficient (Wildman–Crippen LogP) is 1.85. The van der Waals surface area contributed by atoms with E-state index in [2.05, 4.69) is 41.3 Å². The van der Waals surface area contributed by atoms with E-state index in [-0.39, 0.29) is 0 Å². The smallest absolute Gasteiger partial charge is 0.0490 e. The zero-order valence-corrected chi connectivity index (χ0v) is 12.0. The molecular weight excluding hydrogens is 246 g/mol. The lowest BCUT2D eigenvalue weighted by Crippen LogP contribution is -2.47. The third kappa shape index (κ3) is 3.45. The minimum absolute atomic E-state index is 0.385. The molecule has 2 rings (SSSR count). The molecule has 1 atom stereocenters. The normalized spacial score (nSPS) is 19.1. The van der Waals surface area contributed by atoms with Crippen molar-refractivity contribution in [2.45, 2.75) is 6.04 Å². The van der Waals surface area contributed by atoms with Crippen molar-refractivity contribution in [2.75, 3.05) is 46.8 Å². The summed E-state index contributed by atoms with van der Waals surface area (Å²) in [6.45, 7) is 5.31. The molecule has 1 N–H and O–H groups in total. The summed E-state index contributed by atoms with van der Waals surface area (Å²) in [6, 6.07) is 8.60. The molecule has 100 valence electrons. The number of benzene rings is 1. The average Bonchev–Trinajstić information content (AvgIpc) is 2.38. The van der Waals surface area contributed by atoms with Crippen molar-refractivity contribution >= 4 is 11.6 Å². The summed E-state index contributed by atoms with van der Waals surface area (Å²) in [6.07, 6.45) is 0. The van der Waals surface area contributed by atoms with Crippen molar-refractivity contribution in [1.82, 2.24) is 15.1 Å². The van der Waals surface area contributed by atoms with E-state index in [0.29, 0.717) is 6.04 Å². The molecule has 0 radical (unpaired) electrons. The van der Waals surface area contributed by atoms with Gasteiger partial charge in [0.25, 0.3) is 0 Å². The topological polar surface area (TPSA) is 18.5 Å². The number of hydrogen-bond donors (Lipinski definition) is 1. The van der Waals surface area contributed by atoms with Crippen molar-refractivity contribution < 1.29 is 0 Å². The second-order valence-electron chi connectivity index (χ2n) is 5.09. The Kier molecular flexibility index (Phi) is 5.01. The maximum Gasteiger partial charge on any atom is 0.0490 e. The summed E-state index contributed by atoms with van der Waals surface area (Å²) in [5, 5.41) is 4.28. The van der Waals surface area contributed by atoms with Crippen LogP contribution in [0.2, 0.25) is 5.02 Å². The lowest BCUT2D eigenvalue weighted by molar-refractivity contribution is 0.145. The average molecular weight is 268 g/mol. The Bertz CT molecular complexity index is 375. The monoisotopic (exact) mass is 267 g/mol. The van der Waals surface area contributed by atoms with Gasteiger partial charge in [-0.15, -0.1) is 0 Å². The van der Waals surface area contributed by atoms with Gasteiger partial charge in [0.1, 0.15) is 0 Å². The molecule has 4 heteroatoms. The van der Waals surface area contributed by atoms with E-state index in [0.717, 1.165) is 37.7 Å². The van der Waals surface area contributed by atoms with Crippen LogP contribution in [0.15, 0.2) is 24.3 Å². The quantitative estimate of drug-likeness (QED) is 0.898. The Labute approximate surface area is 115 Å². The van der Waals surface area contributed by atoms with E-state index in [1.165, 1.54) is 5.56 Å². The Morgan fingerprint density at radius 1 is 1.28 bits per heavy atom. The maximum atomic E-state index is 6.36. The summed E-state index contributed by atoms with van der Waals surface area (Å²) in [5.41, 5.74) is 1.25. The van der Waals surface area contributed by atoms with Gasteiger partial charge in [0.2, 0.25) is 0 Å². The van der Waals surface area contributed by atoms with E-state index in [1.54, 1.807) is 0 Å². The van der Waals surface area contributed by atoms with Crippen LogP contribution in [-0.4, -0.2) is 56.6 Å². The van der Waals surface area contributed by atoms with E-state index in [9.17, 15) is 0 Å². The van der Waals surface area contributed by atoms with Gasteiger partial charge in [-0.1, -0.05) is 29.8 Å². The molecule has 0 aromatic heterocycles. The molecule has 18 heavy (non-hydrogen) atoms. The van der Waals surface area contributed by atoms with Crippen LogP contribution in [0.3, 0.4) is 0 Å². The SMILES string of the molecule is CN(C)CC(c1ccccc1Cl)N1CCNCC1. The Morgan fingerprint density at radius 2 is 1.94 bits per heavy atom.